The molecular weight excluding hydrogens is 250 g/mol. The van der Waals surface area contributed by atoms with Crippen LogP contribution in [-0.2, 0) is 6.54 Å². The normalized spacial score (nSPS) is 11.0. The number of aromatic nitrogens is 3. The van der Waals surface area contributed by atoms with E-state index >= 15 is 0 Å². The number of ketones is 1. The summed E-state index contributed by atoms with van der Waals surface area (Å²) in [6.45, 7) is 2.66. The second-order valence-corrected chi connectivity index (χ2v) is 4.04. The van der Waals surface area contributed by atoms with Gasteiger partial charge in [-0.15, -0.1) is 0 Å². The third-order valence-corrected chi connectivity index (χ3v) is 2.76. The minimum Gasteiger partial charge on any atom is -0.289 e. The smallest absolute Gasteiger partial charge is 0.187 e. The fourth-order valence-electron chi connectivity index (χ4n) is 1.55. The minimum atomic E-state index is -0.108. The van der Waals surface area contributed by atoms with Gasteiger partial charge in [-0.2, -0.15) is 5.10 Å². The molecule has 0 fully saturated rings. The van der Waals surface area contributed by atoms with Crippen molar-refractivity contribution in [2.45, 2.75) is 13.5 Å². The quantitative estimate of drug-likeness (QED) is 0.628. The van der Waals surface area contributed by atoms with Crippen LogP contribution >= 0.6 is 11.6 Å². The molecule has 0 radical (unpaired) electrons. The van der Waals surface area contributed by atoms with Crippen molar-refractivity contribution in [3.63, 3.8) is 0 Å². The molecule has 0 aliphatic heterocycles. The zero-order chi connectivity index (χ0) is 13.0. The average molecular weight is 262 g/mol. The first-order chi connectivity index (χ1) is 8.72. The Morgan fingerprint density at radius 2 is 2.33 bits per heavy atom. The molecule has 2 heterocycles. The van der Waals surface area contributed by atoms with Gasteiger partial charge < -0.3 is 0 Å². The average Bonchev–Trinajstić information content (AvgIpc) is 2.77. The molecule has 0 unspecified atom stereocenters. The van der Waals surface area contributed by atoms with Crippen LogP contribution in [0.5, 0.6) is 0 Å². The number of hydrogen-bond donors (Lipinski definition) is 0. The van der Waals surface area contributed by atoms with Gasteiger partial charge in [-0.25, -0.2) is 0 Å². The van der Waals surface area contributed by atoms with Gasteiger partial charge in [0.05, 0.1) is 16.9 Å². The lowest BCUT2D eigenvalue weighted by atomic mass is 10.2. The molecule has 4 nitrogen and oxygen atoms in total. The van der Waals surface area contributed by atoms with Gasteiger partial charge in [0.25, 0.3) is 0 Å². The molecular formula is C13H12ClN3O. The molecule has 0 saturated heterocycles. The van der Waals surface area contributed by atoms with E-state index in [9.17, 15) is 4.79 Å². The standard InChI is InChI=1S/C13H12ClN3O/c1-2-17-12(11(14)9-16-17)5-6-13(18)10-4-3-7-15-8-10/h3-9H,2H2,1H3/b6-5+. The van der Waals surface area contributed by atoms with Crippen molar-refractivity contribution < 1.29 is 4.79 Å². The van der Waals surface area contributed by atoms with E-state index in [0.717, 1.165) is 5.69 Å². The van der Waals surface area contributed by atoms with Crippen molar-refractivity contribution in [1.29, 1.82) is 0 Å². The molecule has 2 aromatic rings. The van der Waals surface area contributed by atoms with E-state index in [1.807, 2.05) is 6.92 Å². The fourth-order valence-corrected chi connectivity index (χ4v) is 1.75. The maximum absolute atomic E-state index is 11.9. The van der Waals surface area contributed by atoms with Crippen LogP contribution < -0.4 is 0 Å². The molecule has 18 heavy (non-hydrogen) atoms. The van der Waals surface area contributed by atoms with Gasteiger partial charge in [0, 0.05) is 24.5 Å². The lowest BCUT2D eigenvalue weighted by Gasteiger charge is -1.99. The monoisotopic (exact) mass is 261 g/mol. The zero-order valence-electron chi connectivity index (χ0n) is 9.88. The van der Waals surface area contributed by atoms with Gasteiger partial charge in [0.1, 0.15) is 0 Å². The largest absolute Gasteiger partial charge is 0.289 e. The first-order valence-electron chi connectivity index (χ1n) is 5.56. The Labute approximate surface area is 110 Å². The van der Waals surface area contributed by atoms with Crippen molar-refractivity contribution in [3.05, 3.63) is 53.1 Å². The van der Waals surface area contributed by atoms with Crippen LogP contribution in [-0.4, -0.2) is 20.5 Å². The molecule has 0 aliphatic carbocycles. The van der Waals surface area contributed by atoms with Crippen LogP contribution in [0.15, 0.2) is 36.8 Å². The highest BCUT2D eigenvalue weighted by Crippen LogP contribution is 2.16. The van der Waals surface area contributed by atoms with Gasteiger partial charge in [0.15, 0.2) is 5.78 Å². The molecule has 0 bridgehead atoms. The number of halogens is 1. The Bertz CT molecular complexity index is 575. The molecule has 0 amide bonds. The number of pyridine rings is 1. The summed E-state index contributed by atoms with van der Waals surface area (Å²) >= 11 is 5.99. The van der Waals surface area contributed by atoms with E-state index in [4.69, 9.17) is 11.6 Å². The Morgan fingerprint density at radius 1 is 1.50 bits per heavy atom. The Morgan fingerprint density at radius 3 is 3.00 bits per heavy atom. The van der Waals surface area contributed by atoms with Crippen LogP contribution in [0, 0.1) is 0 Å². The van der Waals surface area contributed by atoms with E-state index in [1.165, 1.54) is 12.3 Å². The van der Waals surface area contributed by atoms with Gasteiger partial charge in [-0.05, 0) is 31.2 Å². The summed E-state index contributed by atoms with van der Waals surface area (Å²) in [7, 11) is 0. The van der Waals surface area contributed by atoms with Crippen molar-refractivity contribution in [1.82, 2.24) is 14.8 Å². The summed E-state index contributed by atoms with van der Waals surface area (Å²) in [5.41, 5.74) is 1.28. The number of rotatable bonds is 4. The van der Waals surface area contributed by atoms with Gasteiger partial charge in [-0.3, -0.25) is 14.5 Å². The molecule has 92 valence electrons. The van der Waals surface area contributed by atoms with Crippen molar-refractivity contribution in [3.8, 4) is 0 Å². The van der Waals surface area contributed by atoms with Crippen molar-refractivity contribution in [2.24, 2.45) is 0 Å². The highest BCUT2D eigenvalue weighted by Gasteiger charge is 2.06. The highest BCUT2D eigenvalue weighted by molar-refractivity contribution is 6.31. The van der Waals surface area contributed by atoms with Crippen molar-refractivity contribution in [2.75, 3.05) is 0 Å². The molecule has 0 saturated carbocycles. The maximum Gasteiger partial charge on any atom is 0.187 e. The van der Waals surface area contributed by atoms with E-state index < -0.39 is 0 Å². The number of hydrogen-bond acceptors (Lipinski definition) is 3. The third-order valence-electron chi connectivity index (χ3n) is 2.47. The zero-order valence-corrected chi connectivity index (χ0v) is 10.6. The van der Waals surface area contributed by atoms with E-state index in [-0.39, 0.29) is 5.78 Å². The molecule has 2 aromatic heterocycles. The lowest BCUT2D eigenvalue weighted by molar-refractivity contribution is 0.104. The molecule has 2 rings (SSSR count). The predicted molar refractivity (Wildman–Crippen MR) is 70.5 cm³/mol. The molecule has 0 aromatic carbocycles. The molecule has 0 aliphatic rings. The number of nitrogens with zero attached hydrogens (tertiary/aromatic N) is 3. The second-order valence-electron chi connectivity index (χ2n) is 3.63. The second kappa shape index (κ2) is 5.60. The van der Waals surface area contributed by atoms with Crippen LogP contribution in [0.3, 0.4) is 0 Å². The first-order valence-corrected chi connectivity index (χ1v) is 5.94. The van der Waals surface area contributed by atoms with Gasteiger partial charge >= 0.3 is 0 Å². The predicted octanol–water partition coefficient (Wildman–Crippen LogP) is 2.85. The van der Waals surface area contributed by atoms with Crippen molar-refractivity contribution >= 4 is 23.5 Å². The summed E-state index contributed by atoms with van der Waals surface area (Å²) in [6.07, 6.45) is 7.88. The lowest BCUT2D eigenvalue weighted by Crippen LogP contribution is -1.99. The summed E-state index contributed by atoms with van der Waals surface area (Å²) in [5.74, 6) is -0.108. The Hall–Kier alpha value is -1.94. The number of carbonyl (C=O) groups excluding carboxylic acids is 1. The summed E-state index contributed by atoms with van der Waals surface area (Å²) < 4.78 is 1.73. The summed E-state index contributed by atoms with van der Waals surface area (Å²) in [5, 5.41) is 4.63. The van der Waals surface area contributed by atoms with E-state index in [1.54, 1.807) is 35.3 Å². The van der Waals surface area contributed by atoms with Crippen LogP contribution in [0.2, 0.25) is 5.02 Å². The summed E-state index contributed by atoms with van der Waals surface area (Å²) in [6, 6.07) is 3.45. The topological polar surface area (TPSA) is 47.8 Å². The fraction of sp³-hybridized carbons (Fsp3) is 0.154. The van der Waals surface area contributed by atoms with E-state index in [0.29, 0.717) is 17.1 Å². The number of allylic oxidation sites excluding steroid dienone is 1. The molecule has 5 heteroatoms. The molecule has 0 spiro atoms. The third kappa shape index (κ3) is 2.65. The number of carbonyl (C=O) groups is 1. The maximum atomic E-state index is 11.9. The first kappa shape index (κ1) is 12.5. The van der Waals surface area contributed by atoms with E-state index in [2.05, 4.69) is 10.1 Å². The Kier molecular flexibility index (Phi) is 3.89. The van der Waals surface area contributed by atoms with Gasteiger partial charge in [0.2, 0.25) is 0 Å². The Balaban J connectivity index is 2.21. The van der Waals surface area contributed by atoms with Crippen LogP contribution in [0.1, 0.15) is 23.0 Å². The van der Waals surface area contributed by atoms with Crippen LogP contribution in [0.4, 0.5) is 0 Å². The summed E-state index contributed by atoms with van der Waals surface area (Å²) in [4.78, 5) is 15.8. The van der Waals surface area contributed by atoms with Crippen LogP contribution in [0.25, 0.3) is 6.08 Å². The molecule has 0 N–H and O–H groups in total. The van der Waals surface area contributed by atoms with Gasteiger partial charge in [-0.1, -0.05) is 11.6 Å². The highest BCUT2D eigenvalue weighted by atomic mass is 35.5. The SMILES string of the molecule is CCn1ncc(Cl)c1/C=C/C(=O)c1cccnc1. The molecule has 0 atom stereocenters. The number of aryl methyl sites for hydroxylation is 1. The minimum absolute atomic E-state index is 0.108.